The summed E-state index contributed by atoms with van der Waals surface area (Å²) >= 11 is 0. The van der Waals surface area contributed by atoms with Crippen LogP contribution in [-0.2, 0) is 11.3 Å². The van der Waals surface area contributed by atoms with Gasteiger partial charge in [0.15, 0.2) is 0 Å². The van der Waals surface area contributed by atoms with Gasteiger partial charge in [-0.3, -0.25) is 14.7 Å². The van der Waals surface area contributed by atoms with Crippen molar-refractivity contribution in [3.8, 4) is 11.3 Å². The van der Waals surface area contributed by atoms with Crippen molar-refractivity contribution in [3.05, 3.63) is 36.7 Å². The summed E-state index contributed by atoms with van der Waals surface area (Å²) in [5.74, 6) is 0.515. The lowest BCUT2D eigenvalue weighted by Crippen LogP contribution is -2.37. The van der Waals surface area contributed by atoms with E-state index >= 15 is 0 Å². The van der Waals surface area contributed by atoms with Crippen molar-refractivity contribution in [2.45, 2.75) is 13.0 Å². The first-order valence-electron chi connectivity index (χ1n) is 9.64. The van der Waals surface area contributed by atoms with Gasteiger partial charge in [-0.15, -0.1) is 0 Å². The molecule has 3 N–H and O–H groups in total. The Morgan fingerprint density at radius 3 is 2.82 bits per heavy atom. The lowest BCUT2D eigenvalue weighted by atomic mass is 10.1. The van der Waals surface area contributed by atoms with Gasteiger partial charge in [-0.05, 0) is 24.6 Å². The lowest BCUT2D eigenvalue weighted by Gasteiger charge is -2.26. The highest BCUT2D eigenvalue weighted by molar-refractivity contribution is 6.08. The fourth-order valence-corrected chi connectivity index (χ4v) is 3.80. The molecule has 1 fully saturated rings. The van der Waals surface area contributed by atoms with E-state index < -0.39 is 0 Å². The molecular weight excluding hydrogens is 354 g/mol. The van der Waals surface area contributed by atoms with E-state index in [4.69, 9.17) is 15.6 Å². The number of nitrogens with zero attached hydrogens (tertiary/aromatic N) is 5. The third kappa shape index (κ3) is 3.21. The molecule has 0 saturated carbocycles. The molecule has 28 heavy (non-hydrogen) atoms. The molecule has 0 aliphatic carbocycles. The summed E-state index contributed by atoms with van der Waals surface area (Å²) < 4.78 is 7.39. The predicted molar refractivity (Wildman–Crippen MR) is 109 cm³/mol. The van der Waals surface area contributed by atoms with E-state index in [1.165, 1.54) is 0 Å². The molecule has 4 aromatic rings. The van der Waals surface area contributed by atoms with Gasteiger partial charge in [0.25, 0.3) is 0 Å². The Kier molecular flexibility index (Phi) is 4.42. The minimum absolute atomic E-state index is 0.515. The van der Waals surface area contributed by atoms with Gasteiger partial charge in [0, 0.05) is 49.5 Å². The number of nitrogen functional groups attached to an aromatic ring is 1. The first kappa shape index (κ1) is 17.2. The van der Waals surface area contributed by atoms with E-state index in [0.29, 0.717) is 5.82 Å². The lowest BCUT2D eigenvalue weighted by molar-refractivity contribution is 0.0368. The number of pyridine rings is 1. The summed E-state index contributed by atoms with van der Waals surface area (Å²) in [6.45, 7) is 5.61. The highest BCUT2D eigenvalue weighted by Gasteiger charge is 2.13. The second kappa shape index (κ2) is 7.21. The Morgan fingerprint density at radius 1 is 1.11 bits per heavy atom. The van der Waals surface area contributed by atoms with Crippen LogP contribution in [0.15, 0.2) is 36.7 Å². The number of aromatic amines is 1. The molecule has 0 radical (unpaired) electrons. The number of aryl methyl sites for hydroxylation is 1. The summed E-state index contributed by atoms with van der Waals surface area (Å²) in [5, 5.41) is 13.8. The highest BCUT2D eigenvalue weighted by Crippen LogP contribution is 2.29. The average Bonchev–Trinajstić information content (AvgIpc) is 3.39. The van der Waals surface area contributed by atoms with Crippen LogP contribution in [0.2, 0.25) is 0 Å². The molecular formula is C20H23N7O. The van der Waals surface area contributed by atoms with Crippen LogP contribution in [-0.4, -0.2) is 62.7 Å². The predicted octanol–water partition coefficient (Wildman–Crippen LogP) is 2.28. The summed E-state index contributed by atoms with van der Waals surface area (Å²) in [7, 11) is 0. The number of rotatable bonds is 5. The van der Waals surface area contributed by atoms with Crippen molar-refractivity contribution in [3.63, 3.8) is 0 Å². The third-order valence-electron chi connectivity index (χ3n) is 5.29. The van der Waals surface area contributed by atoms with Gasteiger partial charge >= 0.3 is 0 Å². The molecule has 0 unspecified atom stereocenters. The molecule has 8 heteroatoms. The van der Waals surface area contributed by atoms with Gasteiger partial charge in [-0.1, -0.05) is 6.07 Å². The topological polar surface area (TPSA) is 97.9 Å². The number of fused-ring (bicyclic) bond motifs is 3. The molecule has 8 nitrogen and oxygen atoms in total. The van der Waals surface area contributed by atoms with Crippen molar-refractivity contribution >= 4 is 27.6 Å². The van der Waals surface area contributed by atoms with Gasteiger partial charge in [-0.2, -0.15) is 10.2 Å². The van der Waals surface area contributed by atoms with E-state index in [0.717, 1.165) is 78.9 Å². The maximum absolute atomic E-state index is 6.24. The quantitative estimate of drug-likeness (QED) is 0.554. The number of H-pyrrole nitrogens is 1. The molecule has 1 aromatic carbocycles. The first-order valence-corrected chi connectivity index (χ1v) is 9.64. The summed E-state index contributed by atoms with van der Waals surface area (Å²) in [6.07, 6.45) is 4.86. The van der Waals surface area contributed by atoms with E-state index in [1.54, 1.807) is 0 Å². The van der Waals surface area contributed by atoms with Crippen LogP contribution in [0.3, 0.4) is 0 Å². The number of benzene rings is 1. The van der Waals surface area contributed by atoms with Crippen LogP contribution >= 0.6 is 0 Å². The van der Waals surface area contributed by atoms with E-state index in [-0.39, 0.29) is 0 Å². The van der Waals surface area contributed by atoms with Crippen molar-refractivity contribution in [1.29, 1.82) is 0 Å². The second-order valence-electron chi connectivity index (χ2n) is 7.15. The molecule has 1 saturated heterocycles. The monoisotopic (exact) mass is 377 g/mol. The summed E-state index contributed by atoms with van der Waals surface area (Å²) in [4.78, 5) is 7.04. The number of aromatic nitrogens is 5. The van der Waals surface area contributed by atoms with Crippen LogP contribution in [0, 0.1) is 0 Å². The van der Waals surface area contributed by atoms with E-state index in [9.17, 15) is 0 Å². The number of hydrogen-bond acceptors (Lipinski definition) is 6. The minimum atomic E-state index is 0.515. The van der Waals surface area contributed by atoms with E-state index in [1.807, 2.05) is 35.3 Å². The van der Waals surface area contributed by atoms with Crippen molar-refractivity contribution < 1.29 is 4.74 Å². The first-order chi connectivity index (χ1) is 13.8. The van der Waals surface area contributed by atoms with Crippen LogP contribution in [0.1, 0.15) is 6.42 Å². The third-order valence-corrected chi connectivity index (χ3v) is 5.29. The standard InChI is InChI=1S/C20H23N7O/c21-20-16-13-27(7-1-6-26-8-10-28-11-9-26)25-19(16)15-3-2-14(12-18(15)23-20)17-4-5-22-24-17/h2-5,12-13H,1,6-11H2,(H2,21,23)(H,22,24). The molecule has 0 atom stereocenters. The molecule has 144 valence electrons. The Labute approximate surface area is 162 Å². The highest BCUT2D eigenvalue weighted by atomic mass is 16.5. The van der Waals surface area contributed by atoms with Gasteiger partial charge in [0.1, 0.15) is 11.3 Å². The number of hydrogen-bond donors (Lipinski definition) is 2. The zero-order valence-corrected chi connectivity index (χ0v) is 15.6. The largest absolute Gasteiger partial charge is 0.383 e. The number of ether oxygens (including phenoxy) is 1. The summed E-state index contributed by atoms with van der Waals surface area (Å²) in [6, 6.07) is 8.05. The zero-order valence-electron chi connectivity index (χ0n) is 15.6. The smallest absolute Gasteiger partial charge is 0.135 e. The SMILES string of the molecule is Nc1nc2cc(-c3cc[nH]n3)ccc2c2nn(CCCN3CCOCC3)cc12. The number of morpholine rings is 1. The maximum atomic E-state index is 6.24. The molecule has 0 bridgehead atoms. The molecule has 3 aromatic heterocycles. The van der Waals surface area contributed by atoms with Crippen LogP contribution in [0.5, 0.6) is 0 Å². The van der Waals surface area contributed by atoms with Gasteiger partial charge < -0.3 is 10.5 Å². The van der Waals surface area contributed by atoms with Gasteiger partial charge in [0.2, 0.25) is 0 Å². The molecule has 1 aliphatic heterocycles. The molecule has 1 aliphatic rings. The van der Waals surface area contributed by atoms with Crippen LogP contribution in [0.4, 0.5) is 5.82 Å². The van der Waals surface area contributed by atoms with Crippen molar-refractivity contribution in [1.82, 2.24) is 29.9 Å². The Hall–Kier alpha value is -2.97. The molecule has 5 rings (SSSR count). The minimum Gasteiger partial charge on any atom is -0.383 e. The van der Waals surface area contributed by atoms with Crippen molar-refractivity contribution in [2.75, 3.05) is 38.6 Å². The Morgan fingerprint density at radius 2 is 2.00 bits per heavy atom. The number of nitrogens with two attached hydrogens (primary N) is 1. The Balaban J connectivity index is 1.41. The average molecular weight is 377 g/mol. The molecule has 0 amide bonds. The zero-order chi connectivity index (χ0) is 18.9. The van der Waals surface area contributed by atoms with Crippen molar-refractivity contribution in [2.24, 2.45) is 0 Å². The normalized spacial score (nSPS) is 15.6. The fraction of sp³-hybridized carbons (Fsp3) is 0.350. The number of anilines is 1. The Bertz CT molecular complexity index is 1100. The number of nitrogens with one attached hydrogen (secondary N) is 1. The molecule has 4 heterocycles. The van der Waals surface area contributed by atoms with Crippen LogP contribution < -0.4 is 5.73 Å². The summed E-state index contributed by atoms with van der Waals surface area (Å²) in [5.41, 5.74) is 9.87. The van der Waals surface area contributed by atoms with Gasteiger partial charge in [0.05, 0.1) is 29.8 Å². The maximum Gasteiger partial charge on any atom is 0.135 e. The fourth-order valence-electron chi connectivity index (χ4n) is 3.80. The van der Waals surface area contributed by atoms with Crippen LogP contribution in [0.25, 0.3) is 33.1 Å². The second-order valence-corrected chi connectivity index (χ2v) is 7.15. The van der Waals surface area contributed by atoms with Gasteiger partial charge in [-0.25, -0.2) is 4.98 Å². The molecule has 0 spiro atoms. The van der Waals surface area contributed by atoms with E-state index in [2.05, 4.69) is 26.1 Å².